The fourth-order valence-electron chi connectivity index (χ4n) is 2.51. The van der Waals surface area contributed by atoms with Gasteiger partial charge in [-0.3, -0.25) is 14.9 Å². The van der Waals surface area contributed by atoms with Crippen LogP contribution in [0.5, 0.6) is 0 Å². The number of nitro benzene ring substituents is 1. The molecule has 0 heterocycles. The monoisotopic (exact) mass is 284 g/mol. The number of rotatable bonds is 3. The minimum absolute atomic E-state index is 0.129. The lowest BCUT2D eigenvalue weighted by Crippen LogP contribution is -2.36. The van der Waals surface area contributed by atoms with E-state index in [1.807, 2.05) is 0 Å². The highest BCUT2D eigenvalue weighted by molar-refractivity contribution is 5.79. The molecule has 20 heavy (non-hydrogen) atoms. The molecule has 1 aliphatic carbocycles. The molecule has 0 unspecified atom stereocenters. The van der Waals surface area contributed by atoms with Gasteiger partial charge in [0.15, 0.2) is 17.3 Å². The van der Waals surface area contributed by atoms with E-state index in [0.717, 1.165) is 12.1 Å². The van der Waals surface area contributed by atoms with Crippen LogP contribution in [0.4, 0.5) is 20.2 Å². The van der Waals surface area contributed by atoms with Gasteiger partial charge in [-0.1, -0.05) is 0 Å². The molecule has 1 aromatic rings. The molecule has 0 spiro atoms. The summed E-state index contributed by atoms with van der Waals surface area (Å²) in [6, 6.07) is 1.50. The zero-order valence-electron chi connectivity index (χ0n) is 10.9. The Kier molecular flexibility index (Phi) is 3.96. The average Bonchev–Trinajstić information content (AvgIpc) is 2.41. The number of halogens is 2. The second-order valence-electron chi connectivity index (χ2n) is 4.87. The van der Waals surface area contributed by atoms with Gasteiger partial charge in [0, 0.05) is 32.0 Å². The van der Waals surface area contributed by atoms with E-state index >= 15 is 0 Å². The van der Waals surface area contributed by atoms with E-state index in [-0.39, 0.29) is 17.5 Å². The zero-order chi connectivity index (χ0) is 14.9. The van der Waals surface area contributed by atoms with Crippen molar-refractivity contribution in [2.75, 3.05) is 11.9 Å². The number of benzene rings is 1. The quantitative estimate of drug-likeness (QED) is 0.632. The van der Waals surface area contributed by atoms with Crippen molar-refractivity contribution in [1.29, 1.82) is 0 Å². The number of anilines is 1. The normalized spacial score (nSPS) is 16.2. The Morgan fingerprint density at radius 1 is 1.30 bits per heavy atom. The summed E-state index contributed by atoms with van der Waals surface area (Å²) >= 11 is 0. The van der Waals surface area contributed by atoms with E-state index < -0.39 is 22.2 Å². The topological polar surface area (TPSA) is 63.4 Å². The van der Waals surface area contributed by atoms with Crippen LogP contribution < -0.4 is 4.90 Å². The van der Waals surface area contributed by atoms with Crippen LogP contribution in [0.15, 0.2) is 12.1 Å². The minimum atomic E-state index is -1.22. The van der Waals surface area contributed by atoms with E-state index in [9.17, 15) is 23.7 Å². The fourth-order valence-corrected chi connectivity index (χ4v) is 2.51. The van der Waals surface area contributed by atoms with Gasteiger partial charge in [0.05, 0.1) is 4.92 Å². The molecule has 0 aromatic heterocycles. The standard InChI is InChI=1S/C13H14F2N2O3/c1-16(8-2-4-9(18)5-3-8)13-11(17(19)20)7-6-10(14)12(13)15/h6-8H,2-5H2,1H3. The third-order valence-corrected chi connectivity index (χ3v) is 3.66. The summed E-state index contributed by atoms with van der Waals surface area (Å²) in [5.74, 6) is -2.22. The van der Waals surface area contributed by atoms with Gasteiger partial charge in [-0.2, -0.15) is 0 Å². The van der Waals surface area contributed by atoms with Gasteiger partial charge >= 0.3 is 0 Å². The van der Waals surface area contributed by atoms with Crippen LogP contribution in [-0.4, -0.2) is 23.8 Å². The molecule has 1 fully saturated rings. The van der Waals surface area contributed by atoms with Crippen molar-refractivity contribution in [2.24, 2.45) is 0 Å². The third-order valence-electron chi connectivity index (χ3n) is 3.66. The van der Waals surface area contributed by atoms with Gasteiger partial charge in [0.25, 0.3) is 5.69 Å². The van der Waals surface area contributed by atoms with Crippen molar-refractivity contribution in [2.45, 2.75) is 31.7 Å². The number of hydrogen-bond donors (Lipinski definition) is 0. The SMILES string of the molecule is CN(c1c([N+](=O)[O-])ccc(F)c1F)C1CCC(=O)CC1. The summed E-state index contributed by atoms with van der Waals surface area (Å²) in [5.41, 5.74) is -0.822. The average molecular weight is 284 g/mol. The number of ketones is 1. The largest absolute Gasteiger partial charge is 0.364 e. The molecule has 2 rings (SSSR count). The Labute approximate surface area is 114 Å². The van der Waals surface area contributed by atoms with E-state index in [0.29, 0.717) is 25.7 Å². The summed E-state index contributed by atoms with van der Waals surface area (Å²) in [4.78, 5) is 22.8. The van der Waals surface area contributed by atoms with E-state index in [4.69, 9.17) is 0 Å². The molecule has 0 amide bonds. The van der Waals surface area contributed by atoms with Gasteiger partial charge < -0.3 is 4.90 Å². The maximum Gasteiger partial charge on any atom is 0.295 e. The lowest BCUT2D eigenvalue weighted by Gasteiger charge is -2.32. The third kappa shape index (κ3) is 2.61. The second kappa shape index (κ2) is 5.52. The van der Waals surface area contributed by atoms with Gasteiger partial charge in [0.2, 0.25) is 0 Å². The lowest BCUT2D eigenvalue weighted by molar-refractivity contribution is -0.384. The Balaban J connectivity index is 2.37. The Hall–Kier alpha value is -2.05. The molecule has 7 heteroatoms. The van der Waals surface area contributed by atoms with Crippen molar-refractivity contribution >= 4 is 17.2 Å². The molecule has 0 saturated heterocycles. The number of nitrogens with zero attached hydrogens (tertiary/aromatic N) is 2. The number of nitro groups is 1. The highest BCUT2D eigenvalue weighted by atomic mass is 19.2. The summed E-state index contributed by atoms with van der Waals surface area (Å²) in [6.07, 6.45) is 1.70. The number of hydrogen-bond acceptors (Lipinski definition) is 4. The number of Topliss-reactive ketones (excluding diaryl/α,β-unsaturated/α-hetero) is 1. The van der Waals surface area contributed by atoms with E-state index in [1.54, 1.807) is 0 Å². The predicted molar refractivity (Wildman–Crippen MR) is 68.7 cm³/mol. The molecule has 1 saturated carbocycles. The molecule has 0 N–H and O–H groups in total. The van der Waals surface area contributed by atoms with E-state index in [1.165, 1.54) is 11.9 Å². The Morgan fingerprint density at radius 2 is 1.90 bits per heavy atom. The van der Waals surface area contributed by atoms with Crippen LogP contribution in [0, 0.1) is 21.7 Å². The van der Waals surface area contributed by atoms with Crippen molar-refractivity contribution < 1.29 is 18.5 Å². The summed E-state index contributed by atoms with van der Waals surface area (Å²) in [6.45, 7) is 0. The first-order valence-electron chi connectivity index (χ1n) is 6.28. The first kappa shape index (κ1) is 14.4. The van der Waals surface area contributed by atoms with Crippen LogP contribution >= 0.6 is 0 Å². The first-order valence-corrected chi connectivity index (χ1v) is 6.28. The lowest BCUT2D eigenvalue weighted by atomic mass is 9.93. The van der Waals surface area contributed by atoms with Crippen LogP contribution in [0.1, 0.15) is 25.7 Å². The minimum Gasteiger partial charge on any atom is -0.364 e. The molecule has 0 atom stereocenters. The summed E-state index contributed by atoms with van der Waals surface area (Å²) < 4.78 is 27.3. The van der Waals surface area contributed by atoms with Gasteiger partial charge in [-0.25, -0.2) is 8.78 Å². The van der Waals surface area contributed by atoms with Crippen molar-refractivity contribution in [3.8, 4) is 0 Å². The van der Waals surface area contributed by atoms with E-state index in [2.05, 4.69) is 0 Å². The smallest absolute Gasteiger partial charge is 0.295 e. The molecule has 0 radical (unpaired) electrons. The van der Waals surface area contributed by atoms with Crippen molar-refractivity contribution in [3.05, 3.63) is 33.9 Å². The van der Waals surface area contributed by atoms with Gasteiger partial charge in [-0.15, -0.1) is 0 Å². The van der Waals surface area contributed by atoms with Crippen LogP contribution in [0.2, 0.25) is 0 Å². The van der Waals surface area contributed by atoms with Gasteiger partial charge in [-0.05, 0) is 18.9 Å². The van der Waals surface area contributed by atoms with Crippen LogP contribution in [0.3, 0.4) is 0 Å². The predicted octanol–water partition coefficient (Wildman–Crippen LogP) is 2.82. The van der Waals surface area contributed by atoms with Crippen molar-refractivity contribution in [3.63, 3.8) is 0 Å². The zero-order valence-corrected chi connectivity index (χ0v) is 10.9. The fraction of sp³-hybridized carbons (Fsp3) is 0.462. The first-order chi connectivity index (χ1) is 9.41. The molecule has 1 aliphatic rings. The molecule has 5 nitrogen and oxygen atoms in total. The molecule has 0 aliphatic heterocycles. The molecule has 108 valence electrons. The molecular formula is C13H14F2N2O3. The van der Waals surface area contributed by atoms with Crippen LogP contribution in [0.25, 0.3) is 0 Å². The highest BCUT2D eigenvalue weighted by Crippen LogP contribution is 2.35. The molecule has 1 aromatic carbocycles. The maximum atomic E-state index is 13.9. The van der Waals surface area contributed by atoms with Crippen LogP contribution in [-0.2, 0) is 4.79 Å². The molecular weight excluding hydrogens is 270 g/mol. The highest BCUT2D eigenvalue weighted by Gasteiger charge is 2.30. The van der Waals surface area contributed by atoms with Gasteiger partial charge in [0.1, 0.15) is 5.78 Å². The second-order valence-corrected chi connectivity index (χ2v) is 4.87. The summed E-state index contributed by atoms with van der Waals surface area (Å²) in [7, 11) is 1.49. The Morgan fingerprint density at radius 3 is 2.45 bits per heavy atom. The van der Waals surface area contributed by atoms with Crippen molar-refractivity contribution in [1.82, 2.24) is 0 Å². The summed E-state index contributed by atoms with van der Waals surface area (Å²) in [5, 5.41) is 11.0. The molecule has 0 bridgehead atoms. The number of carbonyl (C=O) groups excluding carboxylic acids is 1. The maximum absolute atomic E-state index is 13.9. The number of carbonyl (C=O) groups is 1. The Bertz CT molecular complexity index is 553.